The number of carbonyl (C=O) groups excluding carboxylic acids is 1. The zero-order valence-corrected chi connectivity index (χ0v) is 13.5. The zero-order valence-electron chi connectivity index (χ0n) is 11.8. The summed E-state index contributed by atoms with van der Waals surface area (Å²) in [5, 5.41) is 5.68. The number of allylic oxidation sites excluding steroid dienone is 1. The first-order chi connectivity index (χ1) is 8.72. The van der Waals surface area contributed by atoms with Crippen LogP contribution in [-0.4, -0.2) is 19.4 Å². The minimum Gasteiger partial charge on any atom is -0.273 e. The van der Waals surface area contributed by atoms with Gasteiger partial charge in [-0.15, -0.1) is 0 Å². The number of unbranched alkanes of at least 4 members (excludes halogenated alkanes) is 1. The predicted molar refractivity (Wildman–Crippen MR) is 81.3 cm³/mol. The van der Waals surface area contributed by atoms with Crippen LogP contribution >= 0.6 is 11.8 Å². The number of nitrogens with two attached hydrogens (primary N) is 1. The molecule has 0 aliphatic carbocycles. The molecule has 0 saturated carbocycles. The molecule has 0 heterocycles. The molecule has 2 N–H and O–H groups in total. The van der Waals surface area contributed by atoms with Crippen LogP contribution in [0.3, 0.4) is 0 Å². The molecule has 0 saturated heterocycles. The second-order valence-electron chi connectivity index (χ2n) is 4.24. The molecule has 0 aromatic rings. The van der Waals surface area contributed by atoms with Gasteiger partial charge in [-0.2, -0.15) is 0 Å². The lowest BCUT2D eigenvalue weighted by atomic mass is 10.1. The monoisotopic (exact) mass is 306 g/mol. The first kappa shape index (κ1) is 18.3. The van der Waals surface area contributed by atoms with Crippen molar-refractivity contribution >= 4 is 32.7 Å². The molecule has 0 fully saturated rings. The van der Waals surface area contributed by atoms with E-state index in [4.69, 9.17) is 5.14 Å². The maximum atomic E-state index is 11.5. The number of primary sulfonamides is 1. The summed E-state index contributed by atoms with van der Waals surface area (Å²) in [5.41, 5.74) is 0. The molecule has 1 unspecified atom stereocenters. The Morgan fingerprint density at radius 3 is 2.37 bits per heavy atom. The van der Waals surface area contributed by atoms with E-state index in [1.165, 1.54) is 6.92 Å². The molecule has 0 aromatic carbocycles. The first-order valence-corrected chi connectivity index (χ1v) is 8.58. The Balaban J connectivity index is 5.34. The van der Waals surface area contributed by atoms with Crippen LogP contribution in [0.4, 0.5) is 0 Å². The topological polar surface area (TPSA) is 89.6 Å². The van der Waals surface area contributed by atoms with Gasteiger partial charge in [0.2, 0.25) is 15.9 Å². The number of thioether (sulfide) groups is 1. The van der Waals surface area contributed by atoms with Gasteiger partial charge in [-0.25, -0.2) is 18.5 Å². The molecule has 5 nitrogen and oxygen atoms in total. The Morgan fingerprint density at radius 1 is 1.42 bits per heavy atom. The van der Waals surface area contributed by atoms with E-state index in [0.717, 1.165) is 24.6 Å². The fraction of sp³-hybridized carbons (Fsp3) is 0.667. The van der Waals surface area contributed by atoms with E-state index in [1.807, 2.05) is 20.8 Å². The number of sulfonamides is 1. The van der Waals surface area contributed by atoms with Crippen molar-refractivity contribution in [3.8, 4) is 0 Å². The number of hydrogen-bond donors (Lipinski definition) is 1. The van der Waals surface area contributed by atoms with E-state index in [-0.39, 0.29) is 16.1 Å². The Hall–Kier alpha value is -0.660. The van der Waals surface area contributed by atoms with Gasteiger partial charge in [-0.1, -0.05) is 45.0 Å². The number of rotatable bonds is 6. The van der Waals surface area contributed by atoms with Gasteiger partial charge >= 0.3 is 0 Å². The fourth-order valence-corrected chi connectivity index (χ4v) is 3.16. The van der Waals surface area contributed by atoms with Crippen molar-refractivity contribution in [1.29, 1.82) is 0 Å². The Labute approximate surface area is 119 Å². The Kier molecular flexibility index (Phi) is 8.20. The van der Waals surface area contributed by atoms with Crippen LogP contribution < -0.4 is 5.14 Å². The highest BCUT2D eigenvalue weighted by molar-refractivity contribution is 8.27. The molecular formula is C12H22N2O3S2. The third kappa shape index (κ3) is 7.49. The van der Waals surface area contributed by atoms with E-state index in [9.17, 15) is 13.2 Å². The normalized spacial score (nSPS) is 15.4. The number of aliphatic imine (C=N–C) groups is 1. The van der Waals surface area contributed by atoms with Gasteiger partial charge in [-0.3, -0.25) is 4.79 Å². The summed E-state index contributed by atoms with van der Waals surface area (Å²) < 4.78 is 23.1. The molecule has 0 aliphatic rings. The molecule has 110 valence electrons. The van der Waals surface area contributed by atoms with Gasteiger partial charge < -0.3 is 0 Å². The summed E-state index contributed by atoms with van der Waals surface area (Å²) in [4.78, 5) is 15.0. The number of nitrogens with zero attached hydrogens (tertiary/aromatic N) is 1. The van der Waals surface area contributed by atoms with Crippen LogP contribution in [0.5, 0.6) is 0 Å². The molecule has 0 bridgehead atoms. The van der Waals surface area contributed by atoms with E-state index >= 15 is 0 Å². The minimum atomic E-state index is -3.78. The maximum absolute atomic E-state index is 11.5. The first-order valence-electron chi connectivity index (χ1n) is 6.22. The second-order valence-corrected chi connectivity index (χ2v) is 7.09. The molecule has 1 atom stereocenters. The zero-order chi connectivity index (χ0) is 15.1. The second kappa shape index (κ2) is 8.50. The number of carbonyl (C=O) groups is 1. The summed E-state index contributed by atoms with van der Waals surface area (Å²) in [6.45, 7) is 7.14. The van der Waals surface area contributed by atoms with E-state index in [0.29, 0.717) is 11.5 Å². The minimum absolute atomic E-state index is 0.0145. The van der Waals surface area contributed by atoms with Gasteiger partial charge in [0.05, 0.1) is 5.04 Å². The largest absolute Gasteiger partial charge is 0.273 e. The summed E-state index contributed by atoms with van der Waals surface area (Å²) in [5.74, 6) is -0.326. The molecule has 0 radical (unpaired) electrons. The van der Waals surface area contributed by atoms with E-state index in [2.05, 4.69) is 4.99 Å². The van der Waals surface area contributed by atoms with Crippen LogP contribution in [0.15, 0.2) is 15.3 Å². The Bertz CT molecular complexity index is 467. The number of hydrogen-bond acceptors (Lipinski definition) is 4. The fourth-order valence-electron chi connectivity index (χ4n) is 1.14. The van der Waals surface area contributed by atoms with Gasteiger partial charge in [0.25, 0.3) is 0 Å². The summed E-state index contributed by atoms with van der Waals surface area (Å²) in [6, 6.07) is 0. The standard InChI is InChI=1S/C12H22N2O3S2/c1-5-7-8-11(19(13,16)17)18-12(9(3)6-2)14-10(4)15/h8-9H,5-7H2,1-4H3,(H2,13,16,17)/b11-8+,14-12?. The molecular weight excluding hydrogens is 284 g/mol. The van der Waals surface area contributed by atoms with E-state index in [1.54, 1.807) is 6.08 Å². The molecule has 7 heteroatoms. The van der Waals surface area contributed by atoms with Gasteiger partial charge in [0.15, 0.2) is 0 Å². The van der Waals surface area contributed by atoms with Crippen molar-refractivity contribution in [3.05, 3.63) is 10.3 Å². The highest BCUT2D eigenvalue weighted by atomic mass is 32.3. The van der Waals surface area contributed by atoms with Crippen molar-refractivity contribution in [2.45, 2.75) is 47.0 Å². The summed E-state index contributed by atoms with van der Waals surface area (Å²) in [6.07, 6.45) is 3.79. The van der Waals surface area contributed by atoms with Gasteiger partial charge in [0.1, 0.15) is 4.24 Å². The van der Waals surface area contributed by atoms with Crippen LogP contribution in [0.2, 0.25) is 0 Å². The molecule has 1 amide bonds. The van der Waals surface area contributed by atoms with Crippen molar-refractivity contribution in [2.24, 2.45) is 16.0 Å². The number of amides is 1. The summed E-state index contributed by atoms with van der Waals surface area (Å²) >= 11 is 0.975. The van der Waals surface area contributed by atoms with Crippen LogP contribution in [0, 0.1) is 5.92 Å². The van der Waals surface area contributed by atoms with Gasteiger partial charge in [0, 0.05) is 12.8 Å². The van der Waals surface area contributed by atoms with Crippen molar-refractivity contribution in [1.82, 2.24) is 0 Å². The van der Waals surface area contributed by atoms with Gasteiger partial charge in [-0.05, 0) is 12.8 Å². The van der Waals surface area contributed by atoms with Crippen molar-refractivity contribution in [3.63, 3.8) is 0 Å². The van der Waals surface area contributed by atoms with Crippen LogP contribution in [0.1, 0.15) is 47.0 Å². The molecule has 0 aromatic heterocycles. The predicted octanol–water partition coefficient (Wildman–Crippen LogP) is 2.64. The Morgan fingerprint density at radius 2 is 2.00 bits per heavy atom. The smallest absolute Gasteiger partial charge is 0.244 e. The molecule has 0 aliphatic heterocycles. The average Bonchev–Trinajstić information content (AvgIpc) is 2.29. The molecule has 19 heavy (non-hydrogen) atoms. The van der Waals surface area contributed by atoms with E-state index < -0.39 is 10.0 Å². The highest BCUT2D eigenvalue weighted by Crippen LogP contribution is 2.27. The van der Waals surface area contributed by atoms with Crippen molar-refractivity contribution in [2.75, 3.05) is 0 Å². The maximum Gasteiger partial charge on any atom is 0.244 e. The third-order valence-corrected chi connectivity index (χ3v) is 5.13. The lowest BCUT2D eigenvalue weighted by molar-refractivity contribution is -0.115. The molecule has 0 rings (SSSR count). The average molecular weight is 306 g/mol. The summed E-state index contributed by atoms with van der Waals surface area (Å²) in [7, 11) is -3.78. The van der Waals surface area contributed by atoms with Crippen LogP contribution in [-0.2, 0) is 14.8 Å². The lowest BCUT2D eigenvalue weighted by Crippen LogP contribution is -2.16. The van der Waals surface area contributed by atoms with Crippen molar-refractivity contribution < 1.29 is 13.2 Å². The van der Waals surface area contributed by atoms with Crippen LogP contribution in [0.25, 0.3) is 0 Å². The SMILES string of the molecule is CCC/C=C(\SC(=NC(C)=O)C(C)CC)S(N)(=O)=O. The lowest BCUT2D eigenvalue weighted by Gasteiger charge is -2.13. The molecule has 0 spiro atoms. The highest BCUT2D eigenvalue weighted by Gasteiger charge is 2.19. The third-order valence-electron chi connectivity index (χ3n) is 2.39. The quantitative estimate of drug-likeness (QED) is 0.603.